The Morgan fingerprint density at radius 3 is 2.50 bits per heavy atom. The van der Waals surface area contributed by atoms with E-state index in [1.54, 1.807) is 0 Å². The molecule has 0 radical (unpaired) electrons. The van der Waals surface area contributed by atoms with Crippen molar-refractivity contribution in [2.75, 3.05) is 0 Å². The lowest BCUT2D eigenvalue weighted by Gasteiger charge is -2.07. The zero-order chi connectivity index (χ0) is 11.9. The molecule has 2 rings (SSSR count). The summed E-state index contributed by atoms with van der Waals surface area (Å²) < 4.78 is 37.3. The van der Waals surface area contributed by atoms with Crippen LogP contribution in [0.15, 0.2) is 24.4 Å². The van der Waals surface area contributed by atoms with Gasteiger partial charge in [-0.25, -0.2) is 0 Å². The van der Waals surface area contributed by atoms with Gasteiger partial charge in [-0.2, -0.15) is 9.78 Å². The molecule has 8 heteroatoms. The maximum Gasteiger partial charge on any atom is 0.505 e. The summed E-state index contributed by atoms with van der Waals surface area (Å²) >= 11 is 0. The van der Waals surface area contributed by atoms with E-state index in [1.165, 1.54) is 18.2 Å². The number of halogens is 3. The molecular weight excluding hydrogens is 224 g/mol. The molecule has 0 bridgehead atoms. The summed E-state index contributed by atoms with van der Waals surface area (Å²) in [7, 11) is -1.82. The lowest BCUT2D eigenvalue weighted by molar-refractivity contribution is -0.209. The van der Waals surface area contributed by atoms with Crippen molar-refractivity contribution in [2.45, 2.75) is 6.30 Å². The highest BCUT2D eigenvalue weighted by molar-refractivity contribution is 6.61. The van der Waals surface area contributed by atoms with Crippen LogP contribution < -0.4 is 5.46 Å². The Bertz CT molecular complexity index is 523. The molecule has 2 N–H and O–H groups in total. The number of hydrogen-bond acceptors (Lipinski definition) is 3. The standard InChI is InChI=1S/C8H6BF3N2O2/c10-8(11,12)14-7-3-1-2-6(9(15)16)5(7)4-13-14/h1-4,15-16H. The van der Waals surface area contributed by atoms with Crippen LogP contribution in [0.2, 0.25) is 0 Å². The number of alkyl halides is 3. The molecular formula is C8H6BF3N2O2. The van der Waals surface area contributed by atoms with Crippen LogP contribution in [0.25, 0.3) is 10.9 Å². The van der Waals surface area contributed by atoms with Crippen molar-refractivity contribution < 1.29 is 23.2 Å². The Hall–Kier alpha value is -1.54. The van der Waals surface area contributed by atoms with E-state index in [4.69, 9.17) is 10.0 Å². The first-order chi connectivity index (χ1) is 7.41. The van der Waals surface area contributed by atoms with E-state index in [-0.39, 0.29) is 21.0 Å². The number of benzene rings is 1. The van der Waals surface area contributed by atoms with Gasteiger partial charge in [0, 0.05) is 5.39 Å². The van der Waals surface area contributed by atoms with Gasteiger partial charge in [-0.05, 0) is 11.5 Å². The monoisotopic (exact) mass is 230 g/mol. The van der Waals surface area contributed by atoms with E-state index in [1.807, 2.05) is 0 Å². The Morgan fingerprint density at radius 2 is 1.94 bits per heavy atom. The van der Waals surface area contributed by atoms with Gasteiger partial charge in [0.15, 0.2) is 0 Å². The van der Waals surface area contributed by atoms with Crippen molar-refractivity contribution in [3.8, 4) is 0 Å². The minimum absolute atomic E-state index is 0.00648. The van der Waals surface area contributed by atoms with Gasteiger partial charge in [-0.3, -0.25) is 0 Å². The van der Waals surface area contributed by atoms with Gasteiger partial charge in [0.2, 0.25) is 0 Å². The highest BCUT2D eigenvalue weighted by Crippen LogP contribution is 2.25. The normalized spacial score (nSPS) is 12.1. The molecule has 84 valence electrons. The van der Waals surface area contributed by atoms with Crippen LogP contribution in [0.1, 0.15) is 0 Å². The maximum absolute atomic E-state index is 12.5. The molecule has 1 heterocycles. The van der Waals surface area contributed by atoms with E-state index < -0.39 is 13.4 Å². The molecule has 1 aromatic heterocycles. The lowest BCUT2D eigenvalue weighted by atomic mass is 9.78. The van der Waals surface area contributed by atoms with Gasteiger partial charge < -0.3 is 10.0 Å². The molecule has 0 saturated carbocycles. The molecule has 1 aromatic carbocycles. The summed E-state index contributed by atoms with van der Waals surface area (Å²) in [6.07, 6.45) is -3.67. The molecule has 0 fully saturated rings. The van der Waals surface area contributed by atoms with E-state index in [0.717, 1.165) is 6.20 Å². The molecule has 0 spiro atoms. The van der Waals surface area contributed by atoms with Crippen molar-refractivity contribution >= 4 is 23.5 Å². The molecule has 0 atom stereocenters. The van der Waals surface area contributed by atoms with Crippen LogP contribution in [-0.4, -0.2) is 26.9 Å². The van der Waals surface area contributed by atoms with Crippen molar-refractivity contribution in [1.82, 2.24) is 9.78 Å². The van der Waals surface area contributed by atoms with E-state index in [9.17, 15) is 13.2 Å². The molecule has 2 aromatic rings. The number of nitrogens with zero attached hydrogens (tertiary/aromatic N) is 2. The number of hydrogen-bond donors (Lipinski definition) is 2. The maximum atomic E-state index is 12.5. The van der Waals surface area contributed by atoms with Gasteiger partial charge in [-0.1, -0.05) is 12.1 Å². The third-order valence-electron chi connectivity index (χ3n) is 2.17. The lowest BCUT2D eigenvalue weighted by Crippen LogP contribution is -2.30. The zero-order valence-corrected chi connectivity index (χ0v) is 7.81. The minimum atomic E-state index is -4.62. The average Bonchev–Trinajstić information content (AvgIpc) is 2.59. The first kappa shape index (κ1) is 11.0. The topological polar surface area (TPSA) is 58.3 Å². The Morgan fingerprint density at radius 1 is 1.25 bits per heavy atom. The molecule has 16 heavy (non-hydrogen) atoms. The number of fused-ring (bicyclic) bond motifs is 1. The van der Waals surface area contributed by atoms with Crippen LogP contribution >= 0.6 is 0 Å². The predicted molar refractivity (Wildman–Crippen MR) is 50.9 cm³/mol. The van der Waals surface area contributed by atoms with Gasteiger partial charge in [0.1, 0.15) is 0 Å². The van der Waals surface area contributed by atoms with Crippen molar-refractivity contribution in [3.63, 3.8) is 0 Å². The largest absolute Gasteiger partial charge is 0.505 e. The first-order valence-electron chi connectivity index (χ1n) is 4.31. The molecule has 0 aliphatic rings. The molecule has 0 aliphatic heterocycles. The van der Waals surface area contributed by atoms with Gasteiger partial charge in [0.25, 0.3) is 0 Å². The molecule has 4 nitrogen and oxygen atoms in total. The van der Waals surface area contributed by atoms with Gasteiger partial charge in [0.05, 0.1) is 11.7 Å². The zero-order valence-electron chi connectivity index (χ0n) is 7.81. The highest BCUT2D eigenvalue weighted by atomic mass is 19.4. The number of rotatable bonds is 1. The third kappa shape index (κ3) is 1.65. The fourth-order valence-electron chi connectivity index (χ4n) is 1.50. The van der Waals surface area contributed by atoms with Crippen LogP contribution in [0.5, 0.6) is 0 Å². The second-order valence-corrected chi connectivity index (χ2v) is 3.18. The summed E-state index contributed by atoms with van der Waals surface area (Å²) in [4.78, 5) is 0. The molecule has 0 unspecified atom stereocenters. The number of aromatic nitrogens is 2. The van der Waals surface area contributed by atoms with Crippen molar-refractivity contribution in [1.29, 1.82) is 0 Å². The SMILES string of the molecule is OB(O)c1cccc2c1cnn2C(F)(F)F. The Kier molecular flexibility index (Phi) is 2.40. The second kappa shape index (κ2) is 3.50. The van der Waals surface area contributed by atoms with Gasteiger partial charge >= 0.3 is 13.4 Å². The summed E-state index contributed by atoms with van der Waals surface area (Å²) in [5.74, 6) is 0. The highest BCUT2D eigenvalue weighted by Gasteiger charge is 2.34. The average molecular weight is 230 g/mol. The Labute approximate surface area is 88.1 Å². The fraction of sp³-hybridized carbons (Fsp3) is 0.125. The van der Waals surface area contributed by atoms with Crippen molar-refractivity contribution in [3.05, 3.63) is 24.4 Å². The quantitative estimate of drug-likeness (QED) is 0.687. The summed E-state index contributed by atoms with van der Waals surface area (Å²) in [6.45, 7) is 0. The molecule has 0 amide bonds. The smallest absolute Gasteiger partial charge is 0.423 e. The van der Waals surface area contributed by atoms with E-state index in [0.29, 0.717) is 0 Å². The van der Waals surface area contributed by atoms with Crippen LogP contribution in [-0.2, 0) is 6.30 Å². The summed E-state index contributed by atoms with van der Waals surface area (Å²) in [6, 6.07) is 3.85. The third-order valence-corrected chi connectivity index (χ3v) is 2.17. The first-order valence-corrected chi connectivity index (χ1v) is 4.31. The second-order valence-electron chi connectivity index (χ2n) is 3.18. The van der Waals surface area contributed by atoms with Crippen LogP contribution in [0.4, 0.5) is 13.2 Å². The minimum Gasteiger partial charge on any atom is -0.423 e. The molecule has 0 saturated heterocycles. The summed E-state index contributed by atoms with van der Waals surface area (Å²) in [5.41, 5.74) is -0.217. The summed E-state index contributed by atoms with van der Waals surface area (Å²) in [5, 5.41) is 21.2. The van der Waals surface area contributed by atoms with E-state index >= 15 is 0 Å². The van der Waals surface area contributed by atoms with Crippen LogP contribution in [0, 0.1) is 0 Å². The van der Waals surface area contributed by atoms with Gasteiger partial charge in [-0.15, -0.1) is 13.2 Å². The van der Waals surface area contributed by atoms with Crippen molar-refractivity contribution in [2.24, 2.45) is 0 Å². The van der Waals surface area contributed by atoms with E-state index in [2.05, 4.69) is 5.10 Å². The fourth-order valence-corrected chi connectivity index (χ4v) is 1.50. The Balaban J connectivity index is 2.71. The predicted octanol–water partition coefficient (Wildman–Crippen LogP) is 0.192. The molecule has 0 aliphatic carbocycles. The van der Waals surface area contributed by atoms with Crippen LogP contribution in [0.3, 0.4) is 0 Å².